The molecule has 18 heavy (non-hydrogen) atoms. The van der Waals surface area contributed by atoms with Crippen LogP contribution in [-0.2, 0) is 11.2 Å². The Morgan fingerprint density at radius 1 is 1.22 bits per heavy atom. The van der Waals surface area contributed by atoms with Crippen LogP contribution in [0.2, 0.25) is 0 Å². The molecule has 1 unspecified atom stereocenters. The number of hydrogen-bond acceptors (Lipinski definition) is 3. The van der Waals surface area contributed by atoms with Crippen LogP contribution in [0.1, 0.15) is 22.9 Å². The fourth-order valence-electron chi connectivity index (χ4n) is 1.76. The lowest BCUT2D eigenvalue weighted by Gasteiger charge is -2.11. The molecule has 92 valence electrons. The predicted octanol–water partition coefficient (Wildman–Crippen LogP) is 2.20. The van der Waals surface area contributed by atoms with Crippen molar-refractivity contribution in [2.24, 2.45) is 0 Å². The van der Waals surface area contributed by atoms with Crippen LogP contribution in [0, 0.1) is 6.92 Å². The standard InChI is InChI=1S/C14H14N2O2/c1-10-3-5-11(6-4-10)12(14(17)18)9-13-15-7-2-8-16-13/h2-8,12H,9H2,1H3,(H,17,18). The molecular weight excluding hydrogens is 228 g/mol. The minimum absolute atomic E-state index is 0.305. The van der Waals surface area contributed by atoms with Gasteiger partial charge < -0.3 is 5.11 Å². The number of carboxylic acids is 1. The van der Waals surface area contributed by atoms with Crippen molar-refractivity contribution < 1.29 is 9.90 Å². The van der Waals surface area contributed by atoms with E-state index >= 15 is 0 Å². The molecule has 0 aliphatic rings. The van der Waals surface area contributed by atoms with Gasteiger partial charge in [0.2, 0.25) is 0 Å². The molecule has 1 N–H and O–H groups in total. The molecule has 1 aromatic heterocycles. The second-order valence-electron chi connectivity index (χ2n) is 4.17. The number of aryl methyl sites for hydroxylation is 1. The summed E-state index contributed by atoms with van der Waals surface area (Å²) in [5.41, 5.74) is 1.89. The maximum atomic E-state index is 11.3. The molecule has 0 aliphatic carbocycles. The lowest BCUT2D eigenvalue weighted by Crippen LogP contribution is -2.15. The van der Waals surface area contributed by atoms with Crippen LogP contribution in [0.4, 0.5) is 0 Å². The number of carboxylic acid groups (broad SMARTS) is 1. The molecule has 1 aromatic carbocycles. The molecule has 0 aliphatic heterocycles. The van der Waals surface area contributed by atoms with Gasteiger partial charge in [0.25, 0.3) is 0 Å². The highest BCUT2D eigenvalue weighted by Gasteiger charge is 2.21. The molecule has 0 radical (unpaired) electrons. The highest BCUT2D eigenvalue weighted by atomic mass is 16.4. The molecule has 1 heterocycles. The van der Waals surface area contributed by atoms with E-state index in [4.69, 9.17) is 0 Å². The van der Waals surface area contributed by atoms with Crippen LogP contribution in [0.25, 0.3) is 0 Å². The van der Waals surface area contributed by atoms with E-state index in [1.165, 1.54) is 0 Å². The largest absolute Gasteiger partial charge is 0.481 e. The average molecular weight is 242 g/mol. The summed E-state index contributed by atoms with van der Waals surface area (Å²) in [4.78, 5) is 19.5. The van der Waals surface area contributed by atoms with E-state index in [2.05, 4.69) is 9.97 Å². The van der Waals surface area contributed by atoms with Gasteiger partial charge in [0.05, 0.1) is 5.92 Å². The highest BCUT2D eigenvalue weighted by molar-refractivity contribution is 5.76. The van der Waals surface area contributed by atoms with Crippen LogP contribution in [0.5, 0.6) is 0 Å². The van der Waals surface area contributed by atoms with E-state index in [-0.39, 0.29) is 0 Å². The first-order valence-electron chi connectivity index (χ1n) is 5.72. The van der Waals surface area contributed by atoms with Gasteiger partial charge in [-0.25, -0.2) is 9.97 Å². The Labute approximate surface area is 105 Å². The number of hydrogen-bond donors (Lipinski definition) is 1. The van der Waals surface area contributed by atoms with E-state index in [1.807, 2.05) is 31.2 Å². The van der Waals surface area contributed by atoms with Crippen molar-refractivity contribution in [2.45, 2.75) is 19.3 Å². The van der Waals surface area contributed by atoms with Crippen molar-refractivity contribution in [1.29, 1.82) is 0 Å². The topological polar surface area (TPSA) is 63.1 Å². The third kappa shape index (κ3) is 2.91. The first kappa shape index (κ1) is 12.2. The summed E-state index contributed by atoms with van der Waals surface area (Å²) < 4.78 is 0. The van der Waals surface area contributed by atoms with Crippen molar-refractivity contribution in [2.75, 3.05) is 0 Å². The van der Waals surface area contributed by atoms with Crippen molar-refractivity contribution in [3.05, 3.63) is 59.7 Å². The van der Waals surface area contributed by atoms with E-state index in [0.29, 0.717) is 12.2 Å². The zero-order valence-electron chi connectivity index (χ0n) is 10.1. The molecule has 0 saturated carbocycles. The smallest absolute Gasteiger partial charge is 0.311 e. The van der Waals surface area contributed by atoms with Gasteiger partial charge in [-0.15, -0.1) is 0 Å². The Balaban J connectivity index is 2.24. The molecule has 0 spiro atoms. The van der Waals surface area contributed by atoms with Crippen molar-refractivity contribution >= 4 is 5.97 Å². The van der Waals surface area contributed by atoms with Crippen molar-refractivity contribution in [1.82, 2.24) is 9.97 Å². The quantitative estimate of drug-likeness (QED) is 0.892. The summed E-state index contributed by atoms with van der Waals surface area (Å²) in [6, 6.07) is 9.23. The first-order valence-corrected chi connectivity index (χ1v) is 5.72. The van der Waals surface area contributed by atoms with Crippen molar-refractivity contribution in [3.8, 4) is 0 Å². The third-order valence-corrected chi connectivity index (χ3v) is 2.78. The number of benzene rings is 1. The molecule has 0 amide bonds. The van der Waals surface area contributed by atoms with Gasteiger partial charge in [0, 0.05) is 18.8 Å². The fourth-order valence-corrected chi connectivity index (χ4v) is 1.76. The normalized spacial score (nSPS) is 12.1. The van der Waals surface area contributed by atoms with Crippen LogP contribution in [0.3, 0.4) is 0 Å². The van der Waals surface area contributed by atoms with Gasteiger partial charge in [-0.1, -0.05) is 29.8 Å². The molecule has 4 heteroatoms. The minimum atomic E-state index is -0.855. The highest BCUT2D eigenvalue weighted by Crippen LogP contribution is 2.20. The monoisotopic (exact) mass is 242 g/mol. The summed E-state index contributed by atoms with van der Waals surface area (Å²) >= 11 is 0. The van der Waals surface area contributed by atoms with Gasteiger partial charge in [0.15, 0.2) is 0 Å². The SMILES string of the molecule is Cc1ccc(C(Cc2ncccn2)C(=O)O)cc1. The number of carbonyl (C=O) groups is 1. The van der Waals surface area contributed by atoms with E-state index in [9.17, 15) is 9.90 Å². The van der Waals surface area contributed by atoms with Crippen LogP contribution < -0.4 is 0 Å². The summed E-state index contributed by atoms with van der Waals surface area (Å²) in [6.45, 7) is 1.97. The summed E-state index contributed by atoms with van der Waals surface area (Å²) in [5.74, 6) is -0.912. The van der Waals surface area contributed by atoms with Gasteiger partial charge >= 0.3 is 5.97 Å². The van der Waals surface area contributed by atoms with Gasteiger partial charge in [-0.05, 0) is 18.6 Å². The number of rotatable bonds is 4. The summed E-state index contributed by atoms with van der Waals surface area (Å²) in [7, 11) is 0. The lowest BCUT2D eigenvalue weighted by atomic mass is 9.95. The van der Waals surface area contributed by atoms with Gasteiger partial charge in [0.1, 0.15) is 5.82 Å². The zero-order valence-corrected chi connectivity index (χ0v) is 10.1. The Morgan fingerprint density at radius 2 is 1.83 bits per heavy atom. The van der Waals surface area contributed by atoms with E-state index in [1.54, 1.807) is 18.5 Å². The van der Waals surface area contributed by atoms with Crippen LogP contribution in [0.15, 0.2) is 42.7 Å². The second-order valence-corrected chi connectivity index (χ2v) is 4.17. The Kier molecular flexibility index (Phi) is 3.67. The lowest BCUT2D eigenvalue weighted by molar-refractivity contribution is -0.138. The number of aromatic nitrogens is 2. The van der Waals surface area contributed by atoms with Crippen LogP contribution >= 0.6 is 0 Å². The minimum Gasteiger partial charge on any atom is -0.481 e. The van der Waals surface area contributed by atoms with Gasteiger partial charge in [-0.3, -0.25) is 4.79 Å². The zero-order chi connectivity index (χ0) is 13.0. The summed E-state index contributed by atoms with van der Waals surface area (Å²) in [5, 5.41) is 9.30. The molecule has 0 fully saturated rings. The van der Waals surface area contributed by atoms with E-state index < -0.39 is 11.9 Å². The average Bonchev–Trinajstić information content (AvgIpc) is 2.38. The molecular formula is C14H14N2O2. The maximum absolute atomic E-state index is 11.3. The number of aliphatic carboxylic acids is 1. The van der Waals surface area contributed by atoms with Gasteiger partial charge in [-0.2, -0.15) is 0 Å². The van der Waals surface area contributed by atoms with E-state index in [0.717, 1.165) is 11.1 Å². The molecule has 1 atom stereocenters. The Morgan fingerprint density at radius 3 is 2.39 bits per heavy atom. The molecule has 0 bridgehead atoms. The molecule has 0 saturated heterocycles. The maximum Gasteiger partial charge on any atom is 0.311 e. The van der Waals surface area contributed by atoms with Crippen molar-refractivity contribution in [3.63, 3.8) is 0 Å². The molecule has 2 aromatic rings. The Hall–Kier alpha value is -2.23. The first-order chi connectivity index (χ1) is 8.66. The molecule has 2 rings (SSSR count). The fraction of sp³-hybridized carbons (Fsp3) is 0.214. The van der Waals surface area contributed by atoms with Crippen LogP contribution in [-0.4, -0.2) is 21.0 Å². The third-order valence-electron chi connectivity index (χ3n) is 2.78. The Bertz CT molecular complexity index is 523. The number of nitrogens with zero attached hydrogens (tertiary/aromatic N) is 2. The summed E-state index contributed by atoms with van der Waals surface area (Å²) in [6.07, 6.45) is 3.55. The second kappa shape index (κ2) is 5.40. The molecule has 4 nitrogen and oxygen atoms in total. The predicted molar refractivity (Wildman–Crippen MR) is 67.3 cm³/mol.